The Balaban J connectivity index is -0.0000000376. The summed E-state index contributed by atoms with van der Waals surface area (Å²) in [4.78, 5) is 0. The summed E-state index contributed by atoms with van der Waals surface area (Å²) in [7, 11) is -17.2. The molecule has 0 rings (SSSR count). The molecule has 0 aromatic carbocycles. The Morgan fingerprint density at radius 3 is 0.591 bits per heavy atom. The molecule has 0 aromatic rings. The SMILES string of the molecule is NS(=O)(=O)O.NS(=O)(=O)O.NS(=O)(=O)[O-].NS(=O)(=O)[O-].S.[Ni+2]. The molecule has 0 saturated carbocycles. The van der Waals surface area contributed by atoms with Gasteiger partial charge in [0.2, 0.25) is 0 Å². The van der Waals surface area contributed by atoms with E-state index in [0.717, 1.165) is 0 Å². The molecular weight excluding hydrogens is 467 g/mol. The third-order valence-corrected chi connectivity index (χ3v) is 0. The van der Waals surface area contributed by atoms with Crippen LogP contribution in [0.4, 0.5) is 0 Å². The molecule has 144 valence electrons. The molecule has 0 aliphatic rings. The van der Waals surface area contributed by atoms with Gasteiger partial charge in [0.15, 0.2) is 20.6 Å². The Morgan fingerprint density at radius 1 is 0.591 bits per heavy atom. The summed E-state index contributed by atoms with van der Waals surface area (Å²) < 4.78 is 104. The normalized spacial score (nSPS) is 10.5. The van der Waals surface area contributed by atoms with Gasteiger partial charge in [0.25, 0.3) is 0 Å². The van der Waals surface area contributed by atoms with Gasteiger partial charge in [-0.1, -0.05) is 0 Å². The Kier molecular flexibility index (Phi) is 25.8. The van der Waals surface area contributed by atoms with Crippen molar-refractivity contribution >= 4 is 54.7 Å². The second kappa shape index (κ2) is 14.9. The van der Waals surface area contributed by atoms with E-state index >= 15 is 0 Å². The predicted octanol–water partition coefficient (Wildman–Crippen LogP) is -5.58. The molecule has 0 radical (unpaired) electrons. The first kappa shape index (κ1) is 38.1. The molecule has 22 heteroatoms. The quantitative estimate of drug-likeness (QED) is 0.140. The molecule has 0 heterocycles. The van der Waals surface area contributed by atoms with Crippen molar-refractivity contribution in [1.82, 2.24) is 0 Å². The van der Waals surface area contributed by atoms with Gasteiger partial charge in [-0.05, 0) is 0 Å². The molecular formula is H12N4NiO12S5. The number of hydrogen-bond donors (Lipinski definition) is 6. The van der Waals surface area contributed by atoms with E-state index in [4.69, 9.17) is 51.9 Å². The van der Waals surface area contributed by atoms with E-state index < -0.39 is 41.2 Å². The fourth-order valence-corrected chi connectivity index (χ4v) is 0. The van der Waals surface area contributed by atoms with Crippen LogP contribution in [0.2, 0.25) is 0 Å². The van der Waals surface area contributed by atoms with Crippen LogP contribution in [0.25, 0.3) is 0 Å². The molecule has 0 amide bonds. The zero-order valence-electron chi connectivity index (χ0n) is 9.74. The molecule has 0 aliphatic carbocycles. The number of nitrogens with two attached hydrogens (primary N) is 4. The maximum absolute atomic E-state index is 8.97. The first-order chi connectivity index (χ1) is 8.00. The molecule has 0 saturated heterocycles. The second-order valence-electron chi connectivity index (χ2n) is 2.02. The van der Waals surface area contributed by atoms with Gasteiger partial charge in [-0.15, -0.1) is 0 Å². The van der Waals surface area contributed by atoms with E-state index in [9.17, 15) is 0 Å². The summed E-state index contributed by atoms with van der Waals surface area (Å²) in [5.74, 6) is 0. The molecule has 0 unspecified atom stereocenters. The third-order valence-electron chi connectivity index (χ3n) is 0. The molecule has 0 spiro atoms. The molecule has 0 atom stereocenters. The first-order valence-electron chi connectivity index (χ1n) is 2.97. The van der Waals surface area contributed by atoms with Crippen LogP contribution in [0.15, 0.2) is 0 Å². The maximum Gasteiger partial charge on any atom is 2.00 e. The fraction of sp³-hybridized carbons (Fsp3) is 0. The Hall–Kier alpha value is 0.324. The van der Waals surface area contributed by atoms with Crippen molar-refractivity contribution in [1.29, 1.82) is 0 Å². The van der Waals surface area contributed by atoms with E-state index in [0.29, 0.717) is 0 Å². The monoisotopic (exact) mass is 478 g/mol. The van der Waals surface area contributed by atoms with Crippen molar-refractivity contribution in [2.24, 2.45) is 20.6 Å². The molecule has 0 aromatic heterocycles. The number of rotatable bonds is 0. The molecule has 0 bridgehead atoms. The zero-order valence-corrected chi connectivity index (χ0v) is 15.0. The molecule has 22 heavy (non-hydrogen) atoms. The van der Waals surface area contributed by atoms with E-state index in [-0.39, 0.29) is 30.0 Å². The minimum atomic E-state index is -4.42. The minimum Gasteiger partial charge on any atom is -0.736 e. The van der Waals surface area contributed by atoms with Crippen LogP contribution in [0.5, 0.6) is 0 Å². The van der Waals surface area contributed by atoms with Gasteiger partial charge < -0.3 is 9.11 Å². The summed E-state index contributed by atoms with van der Waals surface area (Å²) in [6, 6.07) is 0. The Bertz CT molecular complexity index is 488. The summed E-state index contributed by atoms with van der Waals surface area (Å²) in [5.41, 5.74) is 0. The van der Waals surface area contributed by atoms with Crippen LogP contribution in [-0.2, 0) is 57.7 Å². The first-order valence-corrected chi connectivity index (χ1v) is 8.92. The number of hydrogen-bond acceptors (Lipinski definition) is 10. The van der Waals surface area contributed by atoms with E-state index in [2.05, 4.69) is 20.6 Å². The van der Waals surface area contributed by atoms with Crippen LogP contribution in [0.3, 0.4) is 0 Å². The van der Waals surface area contributed by atoms with Crippen LogP contribution in [0, 0.1) is 0 Å². The van der Waals surface area contributed by atoms with E-state index in [1.807, 2.05) is 0 Å². The van der Waals surface area contributed by atoms with Crippen molar-refractivity contribution in [3.05, 3.63) is 0 Å². The minimum absolute atomic E-state index is 0. The summed E-state index contributed by atoms with van der Waals surface area (Å²) in [5, 5.41) is 15.3. The van der Waals surface area contributed by atoms with Crippen molar-refractivity contribution < 1.29 is 68.4 Å². The molecule has 10 N–H and O–H groups in total. The Morgan fingerprint density at radius 2 is 0.591 bits per heavy atom. The Labute approximate surface area is 143 Å². The standard InChI is InChI=1S/4H3NO3S.Ni.H2S/c4*1-5(2,3)4;;/h4*(H3,1,2,3,4);;1H2/q;;;;+2;/p-2. The largest absolute Gasteiger partial charge is 2.00 e. The van der Waals surface area contributed by atoms with Crippen molar-refractivity contribution in [2.75, 3.05) is 0 Å². The van der Waals surface area contributed by atoms with Crippen LogP contribution in [0.1, 0.15) is 0 Å². The predicted molar refractivity (Wildman–Crippen MR) is 69.6 cm³/mol. The average Bonchev–Trinajstić information content (AvgIpc) is 1.62. The second-order valence-corrected chi connectivity index (χ2v) is 6.05. The third kappa shape index (κ3) is 72500. The average molecular weight is 479 g/mol. The van der Waals surface area contributed by atoms with Gasteiger partial charge in [0.1, 0.15) is 0 Å². The van der Waals surface area contributed by atoms with Gasteiger partial charge in [0, 0.05) is 0 Å². The van der Waals surface area contributed by atoms with Crippen molar-refractivity contribution in [3.63, 3.8) is 0 Å². The fourth-order valence-electron chi connectivity index (χ4n) is 0. The zero-order chi connectivity index (χ0) is 18.0. The van der Waals surface area contributed by atoms with Crippen LogP contribution in [-0.4, -0.2) is 51.9 Å². The molecule has 0 aliphatic heterocycles. The van der Waals surface area contributed by atoms with Gasteiger partial charge >= 0.3 is 37.1 Å². The summed E-state index contributed by atoms with van der Waals surface area (Å²) in [6.07, 6.45) is 0. The topological polar surface area (TPSA) is 327 Å². The molecule has 0 fully saturated rings. The summed E-state index contributed by atoms with van der Waals surface area (Å²) >= 11 is 0. The van der Waals surface area contributed by atoms with E-state index in [1.165, 1.54) is 0 Å². The van der Waals surface area contributed by atoms with Gasteiger partial charge in [-0.2, -0.15) is 30.3 Å². The van der Waals surface area contributed by atoms with Crippen molar-refractivity contribution in [2.45, 2.75) is 0 Å². The van der Waals surface area contributed by atoms with Gasteiger partial charge in [0.05, 0.1) is 0 Å². The van der Waals surface area contributed by atoms with E-state index in [1.54, 1.807) is 0 Å². The summed E-state index contributed by atoms with van der Waals surface area (Å²) in [6.45, 7) is 0. The van der Waals surface area contributed by atoms with Crippen molar-refractivity contribution in [3.8, 4) is 0 Å². The van der Waals surface area contributed by atoms with Gasteiger partial charge in [-0.3, -0.25) is 9.11 Å². The molecule has 16 nitrogen and oxygen atoms in total. The maximum atomic E-state index is 8.97. The smallest absolute Gasteiger partial charge is 0.736 e. The van der Waals surface area contributed by atoms with Crippen LogP contribution < -0.4 is 20.6 Å². The van der Waals surface area contributed by atoms with Crippen LogP contribution >= 0.6 is 13.5 Å². The van der Waals surface area contributed by atoms with Gasteiger partial charge in [-0.25, -0.2) is 37.4 Å².